The molecule has 0 aliphatic carbocycles. The zero-order valence-electron chi connectivity index (χ0n) is 8.56. The standard InChI is InChI=1S/C13H10ClNO/c14-12-6-2-1-4-10(12)8-13(16)11-5-3-7-15-9-11/h1-7,9H,8H2. The SMILES string of the molecule is O=C(Cc1ccccc1Cl)c1cccnc1. The third-order valence-corrected chi connectivity index (χ3v) is 2.66. The predicted molar refractivity (Wildman–Crippen MR) is 63.7 cm³/mol. The second kappa shape index (κ2) is 4.90. The molecule has 0 radical (unpaired) electrons. The van der Waals surface area contributed by atoms with Crippen LogP contribution < -0.4 is 0 Å². The van der Waals surface area contributed by atoms with Crippen molar-refractivity contribution >= 4 is 17.4 Å². The van der Waals surface area contributed by atoms with Crippen LogP contribution in [0, 0.1) is 0 Å². The number of ketones is 1. The molecule has 0 unspecified atom stereocenters. The van der Waals surface area contributed by atoms with Gasteiger partial charge in [-0.1, -0.05) is 29.8 Å². The van der Waals surface area contributed by atoms with Gasteiger partial charge in [-0.2, -0.15) is 0 Å². The van der Waals surface area contributed by atoms with Gasteiger partial charge in [0.2, 0.25) is 0 Å². The van der Waals surface area contributed by atoms with Gasteiger partial charge in [-0.05, 0) is 23.8 Å². The van der Waals surface area contributed by atoms with Crippen LogP contribution in [0.5, 0.6) is 0 Å². The van der Waals surface area contributed by atoms with Gasteiger partial charge in [0.25, 0.3) is 0 Å². The highest BCUT2D eigenvalue weighted by atomic mass is 35.5. The first-order valence-electron chi connectivity index (χ1n) is 4.94. The third kappa shape index (κ3) is 2.47. The Morgan fingerprint density at radius 2 is 2.00 bits per heavy atom. The molecule has 80 valence electrons. The van der Waals surface area contributed by atoms with Gasteiger partial charge in [0.1, 0.15) is 0 Å². The monoisotopic (exact) mass is 231 g/mol. The summed E-state index contributed by atoms with van der Waals surface area (Å²) in [5.41, 5.74) is 1.46. The minimum Gasteiger partial charge on any atom is -0.294 e. The summed E-state index contributed by atoms with van der Waals surface area (Å²) in [7, 11) is 0. The van der Waals surface area contributed by atoms with Crippen LogP contribution >= 0.6 is 11.6 Å². The van der Waals surface area contributed by atoms with Gasteiger partial charge >= 0.3 is 0 Å². The van der Waals surface area contributed by atoms with Crippen LogP contribution in [0.3, 0.4) is 0 Å². The number of halogens is 1. The maximum absolute atomic E-state index is 11.9. The second-order valence-electron chi connectivity index (χ2n) is 3.43. The summed E-state index contributed by atoms with van der Waals surface area (Å²) in [6, 6.07) is 10.9. The molecular formula is C13H10ClNO. The quantitative estimate of drug-likeness (QED) is 0.760. The van der Waals surface area contributed by atoms with Gasteiger partial charge in [-0.3, -0.25) is 9.78 Å². The van der Waals surface area contributed by atoms with Gasteiger partial charge in [0.15, 0.2) is 5.78 Å². The molecule has 2 aromatic rings. The summed E-state index contributed by atoms with van der Waals surface area (Å²) in [6.45, 7) is 0. The highest BCUT2D eigenvalue weighted by Gasteiger charge is 2.08. The molecule has 0 bridgehead atoms. The molecule has 0 atom stereocenters. The van der Waals surface area contributed by atoms with E-state index in [0.717, 1.165) is 5.56 Å². The topological polar surface area (TPSA) is 30.0 Å². The van der Waals surface area contributed by atoms with Crippen LogP contribution in [0.1, 0.15) is 15.9 Å². The first kappa shape index (κ1) is 10.8. The summed E-state index contributed by atoms with van der Waals surface area (Å²) in [6.07, 6.45) is 3.52. The Bertz CT molecular complexity index is 496. The van der Waals surface area contributed by atoms with Crippen molar-refractivity contribution in [1.82, 2.24) is 4.98 Å². The number of carbonyl (C=O) groups excluding carboxylic acids is 1. The molecule has 0 amide bonds. The highest BCUT2D eigenvalue weighted by Crippen LogP contribution is 2.17. The Morgan fingerprint density at radius 1 is 1.19 bits per heavy atom. The van der Waals surface area contributed by atoms with Crippen molar-refractivity contribution in [2.75, 3.05) is 0 Å². The fourth-order valence-corrected chi connectivity index (χ4v) is 1.65. The Balaban J connectivity index is 2.18. The Kier molecular flexibility index (Phi) is 3.32. The molecule has 1 heterocycles. The van der Waals surface area contributed by atoms with Crippen molar-refractivity contribution in [1.29, 1.82) is 0 Å². The van der Waals surface area contributed by atoms with E-state index in [9.17, 15) is 4.79 Å². The van der Waals surface area contributed by atoms with Crippen molar-refractivity contribution in [3.63, 3.8) is 0 Å². The van der Waals surface area contributed by atoms with Crippen LogP contribution in [0.15, 0.2) is 48.8 Å². The lowest BCUT2D eigenvalue weighted by molar-refractivity contribution is 0.0992. The molecule has 0 aliphatic heterocycles. The van der Waals surface area contributed by atoms with Crippen LogP contribution in [0.25, 0.3) is 0 Å². The predicted octanol–water partition coefficient (Wildman–Crippen LogP) is 3.16. The van der Waals surface area contributed by atoms with Crippen LogP contribution in [0.2, 0.25) is 5.02 Å². The van der Waals surface area contributed by atoms with Crippen LogP contribution in [-0.4, -0.2) is 10.8 Å². The van der Waals surface area contributed by atoms with E-state index < -0.39 is 0 Å². The zero-order valence-corrected chi connectivity index (χ0v) is 9.32. The molecule has 0 spiro atoms. The third-order valence-electron chi connectivity index (χ3n) is 2.29. The lowest BCUT2D eigenvalue weighted by Crippen LogP contribution is -2.04. The van der Waals surface area contributed by atoms with Gasteiger partial charge in [0, 0.05) is 29.4 Å². The average Bonchev–Trinajstić information content (AvgIpc) is 2.33. The van der Waals surface area contributed by atoms with Crippen molar-refractivity contribution in [3.05, 3.63) is 64.9 Å². The number of carbonyl (C=O) groups is 1. The second-order valence-corrected chi connectivity index (χ2v) is 3.84. The number of hydrogen-bond acceptors (Lipinski definition) is 2. The molecule has 0 N–H and O–H groups in total. The van der Waals surface area contributed by atoms with Gasteiger partial charge in [-0.25, -0.2) is 0 Å². The number of nitrogens with zero attached hydrogens (tertiary/aromatic N) is 1. The fourth-order valence-electron chi connectivity index (χ4n) is 1.44. The number of benzene rings is 1. The molecule has 16 heavy (non-hydrogen) atoms. The number of rotatable bonds is 3. The van der Waals surface area contributed by atoms with E-state index in [1.807, 2.05) is 18.2 Å². The summed E-state index contributed by atoms with van der Waals surface area (Å²) in [4.78, 5) is 15.8. The molecule has 1 aromatic carbocycles. The molecule has 0 saturated carbocycles. The summed E-state index contributed by atoms with van der Waals surface area (Å²) < 4.78 is 0. The average molecular weight is 232 g/mol. The Morgan fingerprint density at radius 3 is 2.69 bits per heavy atom. The largest absolute Gasteiger partial charge is 0.294 e. The van der Waals surface area contributed by atoms with E-state index in [-0.39, 0.29) is 5.78 Å². The maximum atomic E-state index is 11.9. The minimum atomic E-state index is 0.0289. The molecule has 3 heteroatoms. The molecule has 0 aliphatic rings. The molecule has 0 fully saturated rings. The first-order valence-corrected chi connectivity index (χ1v) is 5.32. The summed E-state index contributed by atoms with van der Waals surface area (Å²) >= 11 is 5.99. The summed E-state index contributed by atoms with van der Waals surface area (Å²) in [5.74, 6) is 0.0289. The van der Waals surface area contributed by atoms with E-state index in [2.05, 4.69) is 4.98 Å². The van der Waals surface area contributed by atoms with Crippen molar-refractivity contribution in [2.24, 2.45) is 0 Å². The molecule has 1 aromatic heterocycles. The highest BCUT2D eigenvalue weighted by molar-refractivity contribution is 6.31. The number of hydrogen-bond donors (Lipinski definition) is 0. The first-order chi connectivity index (χ1) is 7.77. The summed E-state index contributed by atoms with van der Waals surface area (Å²) in [5, 5.41) is 0.625. The number of pyridine rings is 1. The fraction of sp³-hybridized carbons (Fsp3) is 0.0769. The van der Waals surface area contributed by atoms with Gasteiger partial charge in [0.05, 0.1) is 0 Å². The molecule has 2 nitrogen and oxygen atoms in total. The lowest BCUT2D eigenvalue weighted by atomic mass is 10.0. The van der Waals surface area contributed by atoms with E-state index >= 15 is 0 Å². The zero-order chi connectivity index (χ0) is 11.4. The Hall–Kier alpha value is -1.67. The molecule has 2 rings (SSSR count). The smallest absolute Gasteiger partial charge is 0.168 e. The van der Waals surface area contributed by atoms with Gasteiger partial charge in [-0.15, -0.1) is 0 Å². The van der Waals surface area contributed by atoms with E-state index in [1.165, 1.54) is 0 Å². The normalized spacial score (nSPS) is 10.1. The van der Waals surface area contributed by atoms with E-state index in [0.29, 0.717) is 17.0 Å². The van der Waals surface area contributed by atoms with Crippen LogP contribution in [0.4, 0.5) is 0 Å². The number of Topliss-reactive ketones (excluding diaryl/α,β-unsaturated/α-hetero) is 1. The minimum absolute atomic E-state index is 0.0289. The van der Waals surface area contributed by atoms with Crippen molar-refractivity contribution in [3.8, 4) is 0 Å². The van der Waals surface area contributed by atoms with E-state index in [1.54, 1.807) is 30.6 Å². The van der Waals surface area contributed by atoms with E-state index in [4.69, 9.17) is 11.6 Å². The van der Waals surface area contributed by atoms with Crippen molar-refractivity contribution < 1.29 is 4.79 Å². The van der Waals surface area contributed by atoms with Crippen LogP contribution in [-0.2, 0) is 6.42 Å². The lowest BCUT2D eigenvalue weighted by Gasteiger charge is -2.02. The molecule has 0 saturated heterocycles. The Labute approximate surface area is 98.9 Å². The number of aromatic nitrogens is 1. The van der Waals surface area contributed by atoms with Gasteiger partial charge < -0.3 is 0 Å². The molecular weight excluding hydrogens is 222 g/mol. The maximum Gasteiger partial charge on any atom is 0.168 e. The van der Waals surface area contributed by atoms with Crippen molar-refractivity contribution in [2.45, 2.75) is 6.42 Å².